The van der Waals surface area contributed by atoms with Crippen LogP contribution >= 0.6 is 34.5 Å². The first-order valence-electron chi connectivity index (χ1n) is 7.51. The molecular formula is C16H18Cl2N4O2S. The Morgan fingerprint density at radius 3 is 2.68 bits per heavy atom. The third-order valence-corrected chi connectivity index (χ3v) is 4.51. The van der Waals surface area contributed by atoms with Gasteiger partial charge in [-0.05, 0) is 45.3 Å². The molecular weight excluding hydrogens is 383 g/mol. The molecule has 0 aliphatic heterocycles. The molecule has 0 spiro atoms. The first kappa shape index (κ1) is 19.7. The van der Waals surface area contributed by atoms with Crippen molar-refractivity contribution in [1.82, 2.24) is 15.2 Å². The van der Waals surface area contributed by atoms with E-state index in [-0.39, 0.29) is 22.2 Å². The third-order valence-electron chi connectivity index (χ3n) is 3.20. The second-order valence-corrected chi connectivity index (χ2v) is 7.23. The van der Waals surface area contributed by atoms with Crippen molar-refractivity contribution in [2.45, 2.75) is 6.42 Å². The van der Waals surface area contributed by atoms with Gasteiger partial charge in [-0.2, -0.15) is 0 Å². The average Bonchev–Trinajstić information content (AvgIpc) is 2.99. The largest absolute Gasteiger partial charge is 0.351 e. The number of rotatable bonds is 7. The van der Waals surface area contributed by atoms with E-state index in [2.05, 4.69) is 15.6 Å². The van der Waals surface area contributed by atoms with Crippen LogP contribution < -0.4 is 10.6 Å². The summed E-state index contributed by atoms with van der Waals surface area (Å²) in [5.41, 5.74) is 0.559. The molecule has 2 aromatic rings. The number of nitrogens with zero attached hydrogens (tertiary/aromatic N) is 2. The van der Waals surface area contributed by atoms with Gasteiger partial charge >= 0.3 is 0 Å². The molecule has 9 heteroatoms. The van der Waals surface area contributed by atoms with E-state index in [0.29, 0.717) is 16.7 Å². The van der Waals surface area contributed by atoms with Gasteiger partial charge in [-0.3, -0.25) is 14.9 Å². The summed E-state index contributed by atoms with van der Waals surface area (Å²) in [6.45, 7) is 1.46. The molecule has 2 rings (SSSR count). The monoisotopic (exact) mass is 400 g/mol. The van der Waals surface area contributed by atoms with Crippen molar-refractivity contribution >= 4 is 51.5 Å². The Labute approximate surface area is 160 Å². The minimum absolute atomic E-state index is 0.250. The molecule has 0 unspecified atom stereocenters. The third kappa shape index (κ3) is 5.97. The van der Waals surface area contributed by atoms with Crippen LogP contribution in [0.1, 0.15) is 27.3 Å². The fraction of sp³-hybridized carbons (Fsp3) is 0.312. The predicted molar refractivity (Wildman–Crippen MR) is 102 cm³/mol. The SMILES string of the molecule is CN(C)CCCNC(=O)c1csc(NC(=O)c2ccc(Cl)cc2Cl)n1. The highest BCUT2D eigenvalue weighted by atomic mass is 35.5. The van der Waals surface area contributed by atoms with Gasteiger partial charge in [-0.1, -0.05) is 23.2 Å². The van der Waals surface area contributed by atoms with E-state index in [1.54, 1.807) is 11.4 Å². The Kier molecular flexibility index (Phi) is 7.19. The number of thiazole rings is 1. The van der Waals surface area contributed by atoms with Gasteiger partial charge in [-0.15, -0.1) is 11.3 Å². The summed E-state index contributed by atoms with van der Waals surface area (Å²) in [6.07, 6.45) is 0.849. The number of anilines is 1. The Morgan fingerprint density at radius 1 is 1.24 bits per heavy atom. The predicted octanol–water partition coefficient (Wildman–Crippen LogP) is 3.38. The van der Waals surface area contributed by atoms with Gasteiger partial charge in [0.1, 0.15) is 5.69 Å². The quantitative estimate of drug-likeness (QED) is 0.698. The van der Waals surface area contributed by atoms with E-state index in [9.17, 15) is 9.59 Å². The van der Waals surface area contributed by atoms with Crippen molar-refractivity contribution in [2.75, 3.05) is 32.5 Å². The fourth-order valence-corrected chi connectivity index (χ4v) is 3.14. The van der Waals surface area contributed by atoms with Crippen LogP contribution in [0, 0.1) is 0 Å². The molecule has 6 nitrogen and oxygen atoms in total. The zero-order valence-electron chi connectivity index (χ0n) is 13.8. The van der Waals surface area contributed by atoms with Gasteiger partial charge in [0, 0.05) is 16.9 Å². The molecule has 25 heavy (non-hydrogen) atoms. The summed E-state index contributed by atoms with van der Waals surface area (Å²) in [5.74, 6) is -0.672. The molecule has 0 radical (unpaired) electrons. The smallest absolute Gasteiger partial charge is 0.270 e. The van der Waals surface area contributed by atoms with Crippen LogP contribution in [0.4, 0.5) is 5.13 Å². The zero-order valence-corrected chi connectivity index (χ0v) is 16.1. The summed E-state index contributed by atoms with van der Waals surface area (Å²) < 4.78 is 0. The molecule has 1 aromatic carbocycles. The first-order valence-corrected chi connectivity index (χ1v) is 9.15. The van der Waals surface area contributed by atoms with Gasteiger partial charge in [0.05, 0.1) is 10.6 Å². The summed E-state index contributed by atoms with van der Waals surface area (Å²) in [6, 6.07) is 4.61. The van der Waals surface area contributed by atoms with Gasteiger partial charge in [0.15, 0.2) is 5.13 Å². The van der Waals surface area contributed by atoms with E-state index >= 15 is 0 Å². The van der Waals surface area contributed by atoms with Crippen molar-refractivity contribution in [2.24, 2.45) is 0 Å². The van der Waals surface area contributed by atoms with E-state index in [1.165, 1.54) is 23.5 Å². The minimum Gasteiger partial charge on any atom is -0.351 e. The lowest BCUT2D eigenvalue weighted by Crippen LogP contribution is -2.27. The number of carbonyl (C=O) groups excluding carboxylic acids is 2. The number of benzene rings is 1. The maximum atomic E-state index is 12.2. The number of halogens is 2. The highest BCUT2D eigenvalue weighted by molar-refractivity contribution is 7.14. The van der Waals surface area contributed by atoms with Crippen LogP contribution in [-0.4, -0.2) is 48.9 Å². The average molecular weight is 401 g/mol. The van der Waals surface area contributed by atoms with E-state index in [4.69, 9.17) is 23.2 Å². The lowest BCUT2D eigenvalue weighted by atomic mass is 10.2. The molecule has 134 valence electrons. The second-order valence-electron chi connectivity index (χ2n) is 5.53. The fourth-order valence-electron chi connectivity index (χ4n) is 1.96. The number of aromatic nitrogens is 1. The Bertz CT molecular complexity index is 764. The molecule has 2 amide bonds. The zero-order chi connectivity index (χ0) is 18.4. The number of nitrogens with one attached hydrogen (secondary N) is 2. The summed E-state index contributed by atoms with van der Waals surface area (Å²) in [5, 5.41) is 8.05. The van der Waals surface area contributed by atoms with Crippen LogP contribution in [0.15, 0.2) is 23.6 Å². The normalized spacial score (nSPS) is 10.8. The summed E-state index contributed by atoms with van der Waals surface area (Å²) >= 11 is 13.0. The van der Waals surface area contributed by atoms with Crippen molar-refractivity contribution in [3.05, 3.63) is 44.9 Å². The van der Waals surface area contributed by atoms with Crippen molar-refractivity contribution in [3.63, 3.8) is 0 Å². The topological polar surface area (TPSA) is 74.3 Å². The Morgan fingerprint density at radius 2 is 2.00 bits per heavy atom. The van der Waals surface area contributed by atoms with Gasteiger partial charge in [0.2, 0.25) is 0 Å². The number of hydrogen-bond acceptors (Lipinski definition) is 5. The minimum atomic E-state index is -0.408. The summed E-state index contributed by atoms with van der Waals surface area (Å²) in [4.78, 5) is 30.4. The standard InChI is InChI=1S/C16H18Cl2N4O2S/c1-22(2)7-3-6-19-15(24)13-9-25-16(20-13)21-14(23)11-5-4-10(17)8-12(11)18/h4-5,8-9H,3,6-7H2,1-2H3,(H,19,24)(H,20,21,23). The van der Waals surface area contributed by atoms with Gasteiger partial charge < -0.3 is 10.2 Å². The molecule has 2 N–H and O–H groups in total. The molecule has 1 aromatic heterocycles. The molecule has 0 aliphatic rings. The molecule has 0 saturated carbocycles. The number of hydrogen-bond donors (Lipinski definition) is 2. The van der Waals surface area contributed by atoms with Crippen LogP contribution in [-0.2, 0) is 0 Å². The Hall–Kier alpha value is -1.67. The van der Waals surface area contributed by atoms with E-state index in [0.717, 1.165) is 13.0 Å². The molecule has 0 aliphatic carbocycles. The molecule has 1 heterocycles. The van der Waals surface area contributed by atoms with Gasteiger partial charge in [0.25, 0.3) is 11.8 Å². The Balaban J connectivity index is 1.92. The van der Waals surface area contributed by atoms with E-state index in [1.807, 2.05) is 19.0 Å². The maximum absolute atomic E-state index is 12.2. The van der Waals surface area contributed by atoms with Crippen LogP contribution in [0.2, 0.25) is 10.0 Å². The lowest BCUT2D eigenvalue weighted by molar-refractivity contribution is 0.0946. The highest BCUT2D eigenvalue weighted by Crippen LogP contribution is 2.23. The number of carbonyl (C=O) groups is 2. The molecule has 0 saturated heterocycles. The van der Waals surface area contributed by atoms with Crippen LogP contribution in [0.3, 0.4) is 0 Å². The summed E-state index contributed by atoms with van der Waals surface area (Å²) in [7, 11) is 3.95. The molecule has 0 fully saturated rings. The van der Waals surface area contributed by atoms with E-state index < -0.39 is 5.91 Å². The lowest BCUT2D eigenvalue weighted by Gasteiger charge is -2.09. The second kappa shape index (κ2) is 9.15. The van der Waals surface area contributed by atoms with Crippen molar-refractivity contribution in [1.29, 1.82) is 0 Å². The number of amides is 2. The van der Waals surface area contributed by atoms with Crippen LogP contribution in [0.5, 0.6) is 0 Å². The molecule has 0 atom stereocenters. The van der Waals surface area contributed by atoms with Crippen molar-refractivity contribution in [3.8, 4) is 0 Å². The van der Waals surface area contributed by atoms with Crippen molar-refractivity contribution < 1.29 is 9.59 Å². The maximum Gasteiger partial charge on any atom is 0.270 e. The molecule has 0 bridgehead atoms. The first-order chi connectivity index (χ1) is 11.9. The highest BCUT2D eigenvalue weighted by Gasteiger charge is 2.15. The van der Waals surface area contributed by atoms with Crippen LogP contribution in [0.25, 0.3) is 0 Å². The van der Waals surface area contributed by atoms with Gasteiger partial charge in [-0.25, -0.2) is 4.98 Å².